The van der Waals surface area contributed by atoms with Crippen LogP contribution in [0.3, 0.4) is 0 Å². The summed E-state index contributed by atoms with van der Waals surface area (Å²) in [6.45, 7) is 4.22. The second-order valence-corrected chi connectivity index (χ2v) is 11.8. The molecule has 0 saturated heterocycles. The van der Waals surface area contributed by atoms with Crippen LogP contribution in [0, 0.1) is 6.33 Å². The third-order valence-corrected chi connectivity index (χ3v) is 8.05. The van der Waals surface area contributed by atoms with Gasteiger partial charge in [0, 0.05) is 28.4 Å². The first-order valence-electron chi connectivity index (χ1n) is 15.7. The lowest BCUT2D eigenvalue weighted by Crippen LogP contribution is -2.26. The molecule has 0 aliphatic carbocycles. The third kappa shape index (κ3) is 4.09. The van der Waals surface area contributed by atoms with E-state index >= 15 is 0 Å². The highest BCUT2D eigenvalue weighted by Crippen LogP contribution is 2.37. The zero-order valence-electron chi connectivity index (χ0n) is 27.0. The zero-order valence-corrected chi connectivity index (χ0v) is 24.0. The molecule has 0 amide bonds. The number of para-hydroxylation sites is 3. The van der Waals surface area contributed by atoms with Gasteiger partial charge in [-0.25, -0.2) is 4.98 Å². The number of rotatable bonds is 4. The highest BCUT2D eigenvalue weighted by Gasteiger charge is 2.19. The van der Waals surface area contributed by atoms with Gasteiger partial charge in [0.2, 0.25) is 6.33 Å². The lowest BCUT2D eigenvalue weighted by atomic mass is 9.88. The highest BCUT2D eigenvalue weighted by molar-refractivity contribution is 6.09. The van der Waals surface area contributed by atoms with Crippen molar-refractivity contribution in [2.24, 2.45) is 6.98 Å². The van der Waals surface area contributed by atoms with Crippen LogP contribution in [0.4, 0.5) is 0 Å². The van der Waals surface area contributed by atoms with Crippen molar-refractivity contribution < 1.29 is 17.8 Å². The molecule has 0 N–H and O–H groups in total. The van der Waals surface area contributed by atoms with Crippen LogP contribution in [0.5, 0.6) is 11.5 Å². The van der Waals surface area contributed by atoms with Crippen molar-refractivity contribution >= 4 is 43.8 Å². The summed E-state index contributed by atoms with van der Waals surface area (Å²) in [5.41, 5.74) is 5.82. The van der Waals surface area contributed by atoms with Gasteiger partial charge in [0.1, 0.15) is 22.9 Å². The Hall–Kier alpha value is -5.36. The van der Waals surface area contributed by atoms with E-state index in [9.17, 15) is 0 Å². The van der Waals surface area contributed by atoms with Gasteiger partial charge in [-0.05, 0) is 59.5 Å². The van der Waals surface area contributed by atoms with E-state index in [4.69, 9.17) is 18.3 Å². The molecule has 0 saturated carbocycles. The molecule has 6 nitrogen and oxygen atoms in total. The van der Waals surface area contributed by atoms with Gasteiger partial charge < -0.3 is 18.3 Å². The Morgan fingerprint density at radius 1 is 0.814 bits per heavy atom. The molecule has 8 rings (SSSR count). The van der Waals surface area contributed by atoms with Crippen LogP contribution in [0.25, 0.3) is 55.3 Å². The van der Waals surface area contributed by atoms with Gasteiger partial charge in [0.05, 0.1) is 45.1 Å². The topological polar surface area (TPSA) is 49.0 Å². The molecule has 6 heteroatoms. The molecule has 0 fully saturated rings. The molecule has 4 heterocycles. The van der Waals surface area contributed by atoms with Gasteiger partial charge in [-0.15, -0.1) is 0 Å². The van der Waals surface area contributed by atoms with Crippen LogP contribution >= 0.6 is 0 Å². The minimum absolute atomic E-state index is 0.0208. The lowest BCUT2D eigenvalue weighted by Gasteiger charge is -2.20. The van der Waals surface area contributed by atoms with E-state index < -0.39 is 6.98 Å². The van der Waals surface area contributed by atoms with E-state index in [2.05, 4.69) is 68.1 Å². The number of benzene rings is 4. The van der Waals surface area contributed by atoms with E-state index in [1.807, 2.05) is 60.8 Å². The van der Waals surface area contributed by atoms with Crippen molar-refractivity contribution in [3.63, 3.8) is 0 Å². The number of hydrogen-bond acceptors (Lipinski definition) is 3. The summed E-state index contributed by atoms with van der Waals surface area (Å²) in [5, 5.41) is 3.02. The first kappa shape index (κ1) is 22.3. The van der Waals surface area contributed by atoms with Crippen LogP contribution in [-0.4, -0.2) is 14.1 Å². The average Bonchev–Trinajstić information content (AvgIpc) is 3.72. The minimum atomic E-state index is -2.39. The van der Waals surface area contributed by atoms with Gasteiger partial charge in [-0.3, -0.25) is 4.57 Å². The standard InChI is InChI=1S/C37H30N4O2/c1-37(2,3)24-17-18-38-36(19-24)41-30-10-6-5-9-27(30)28-15-13-26(21-33(28)41)43-25-14-16-35-29(20-25)34(22-42-35)40-23-39(4)31-11-7-8-12-32(31)40/h5-22H,1-4H3/i4D3. The number of furan rings is 1. The van der Waals surface area contributed by atoms with Crippen molar-refractivity contribution in [3.8, 4) is 23.0 Å². The quantitative estimate of drug-likeness (QED) is 0.159. The lowest BCUT2D eigenvalue weighted by molar-refractivity contribution is -0.649. The number of hydrogen-bond donors (Lipinski definition) is 0. The number of nitrogens with zero attached hydrogens (tertiary/aromatic N) is 4. The van der Waals surface area contributed by atoms with Crippen molar-refractivity contribution in [3.05, 3.63) is 121 Å². The van der Waals surface area contributed by atoms with E-state index in [1.54, 1.807) is 16.9 Å². The average molecular weight is 566 g/mol. The number of ether oxygens (including phenoxy) is 1. The Labute approximate surface area is 253 Å². The molecule has 0 radical (unpaired) electrons. The van der Waals surface area contributed by atoms with Gasteiger partial charge in [0.15, 0.2) is 0 Å². The fraction of sp³-hybridized carbons (Fsp3) is 0.135. The van der Waals surface area contributed by atoms with Crippen LogP contribution in [-0.2, 0) is 12.4 Å². The summed E-state index contributed by atoms with van der Waals surface area (Å²) in [6.07, 6.45) is 6.51. The molecular formula is C37H30N4O2. The van der Waals surface area contributed by atoms with E-state index in [-0.39, 0.29) is 5.41 Å². The molecule has 0 bridgehead atoms. The van der Waals surface area contributed by atoms with Crippen LogP contribution < -0.4 is 9.30 Å². The predicted octanol–water partition coefficient (Wildman–Crippen LogP) is 8.58. The van der Waals surface area contributed by atoms with Gasteiger partial charge >= 0.3 is 0 Å². The summed E-state index contributed by atoms with van der Waals surface area (Å²) in [6, 6.07) is 31.7. The normalized spacial score (nSPS) is 13.5. The molecule has 0 unspecified atom stereocenters. The number of imidazole rings is 1. The van der Waals surface area contributed by atoms with Gasteiger partial charge in [-0.2, -0.15) is 0 Å². The number of aryl methyl sites for hydroxylation is 1. The molecule has 0 aliphatic heterocycles. The first-order chi connectivity index (χ1) is 22.1. The van der Waals surface area contributed by atoms with Crippen LogP contribution in [0.15, 0.2) is 114 Å². The minimum Gasteiger partial charge on any atom is -0.470 e. The zero-order chi connectivity index (χ0) is 31.8. The maximum absolute atomic E-state index is 8.02. The molecule has 0 aliphatic rings. The Balaban J connectivity index is 1.23. The Morgan fingerprint density at radius 2 is 1.58 bits per heavy atom. The highest BCUT2D eigenvalue weighted by atomic mass is 16.5. The van der Waals surface area contributed by atoms with Crippen molar-refractivity contribution in [2.75, 3.05) is 0 Å². The molecule has 0 atom stereocenters. The van der Waals surface area contributed by atoms with Crippen molar-refractivity contribution in [1.29, 1.82) is 0 Å². The fourth-order valence-electron chi connectivity index (χ4n) is 5.87. The SMILES string of the molecule is [2H]C([2H])([2H])[n+]1[c-]n(-c2coc3ccc(Oc4ccc5c6ccccc6n(-c6cc(C(C)(C)C)ccn6)c5c4)cc23)c2ccccc21. The van der Waals surface area contributed by atoms with Crippen LogP contribution in [0.1, 0.15) is 30.4 Å². The molecule has 210 valence electrons. The number of fused-ring (bicyclic) bond motifs is 5. The fourth-order valence-corrected chi connectivity index (χ4v) is 5.87. The molecular weight excluding hydrogens is 532 g/mol. The van der Waals surface area contributed by atoms with E-state index in [0.29, 0.717) is 33.8 Å². The van der Waals surface area contributed by atoms with Crippen molar-refractivity contribution in [2.45, 2.75) is 26.2 Å². The van der Waals surface area contributed by atoms with E-state index in [0.717, 1.165) is 33.0 Å². The maximum Gasteiger partial charge on any atom is 0.244 e. The number of aromatic nitrogens is 4. The predicted molar refractivity (Wildman–Crippen MR) is 170 cm³/mol. The Kier molecular flexibility index (Phi) is 4.83. The first-order valence-corrected chi connectivity index (χ1v) is 14.2. The third-order valence-electron chi connectivity index (χ3n) is 8.05. The van der Waals surface area contributed by atoms with Gasteiger partial charge in [-0.1, -0.05) is 63.2 Å². The molecule has 0 spiro atoms. The molecule has 8 aromatic rings. The van der Waals surface area contributed by atoms with Crippen LogP contribution in [0.2, 0.25) is 0 Å². The van der Waals surface area contributed by atoms with Crippen molar-refractivity contribution in [1.82, 2.24) is 14.1 Å². The largest absolute Gasteiger partial charge is 0.470 e. The number of pyridine rings is 1. The smallest absolute Gasteiger partial charge is 0.244 e. The Bertz CT molecular complexity index is 2440. The second kappa shape index (κ2) is 9.33. The van der Waals surface area contributed by atoms with E-state index in [1.165, 1.54) is 10.1 Å². The second-order valence-electron chi connectivity index (χ2n) is 11.8. The maximum atomic E-state index is 8.02. The molecule has 4 aromatic heterocycles. The monoisotopic (exact) mass is 565 g/mol. The van der Waals surface area contributed by atoms with Gasteiger partial charge in [0.25, 0.3) is 0 Å². The summed E-state index contributed by atoms with van der Waals surface area (Å²) < 4.78 is 41.5. The summed E-state index contributed by atoms with van der Waals surface area (Å²) >= 11 is 0. The molecule has 43 heavy (non-hydrogen) atoms. The Morgan fingerprint density at radius 3 is 2.44 bits per heavy atom. The summed E-state index contributed by atoms with van der Waals surface area (Å²) in [5.74, 6) is 2.14. The summed E-state index contributed by atoms with van der Waals surface area (Å²) in [4.78, 5) is 4.78. The molecule has 4 aromatic carbocycles. The summed E-state index contributed by atoms with van der Waals surface area (Å²) in [7, 11) is 0.